The first-order chi connectivity index (χ1) is 11.0. The highest BCUT2D eigenvalue weighted by Gasteiger charge is 2.30. The topological polar surface area (TPSA) is 26.8 Å². The van der Waals surface area contributed by atoms with E-state index in [-0.39, 0.29) is 5.92 Å². The van der Waals surface area contributed by atoms with Gasteiger partial charge in [0.1, 0.15) is 0 Å². The van der Waals surface area contributed by atoms with Crippen LogP contribution in [0.15, 0.2) is 0 Å². The third-order valence-electron chi connectivity index (χ3n) is 4.99. The van der Waals surface area contributed by atoms with Crippen LogP contribution in [0.3, 0.4) is 0 Å². The molecule has 0 aliphatic carbocycles. The summed E-state index contributed by atoms with van der Waals surface area (Å²) in [6.07, 6.45) is 2.05. The van der Waals surface area contributed by atoms with Gasteiger partial charge in [0, 0.05) is 44.1 Å². The SMILES string of the molecule is CC(C)C#CCN1CCN(C(=O)C2CCN(C(C)C)CC2)CC1. The molecular formula is C19H33N3O. The molecule has 23 heavy (non-hydrogen) atoms. The molecule has 0 aromatic heterocycles. The summed E-state index contributed by atoms with van der Waals surface area (Å²) < 4.78 is 0. The number of piperidine rings is 1. The van der Waals surface area contributed by atoms with E-state index in [1.54, 1.807) is 0 Å². The van der Waals surface area contributed by atoms with E-state index in [0.717, 1.165) is 58.7 Å². The maximum absolute atomic E-state index is 12.7. The van der Waals surface area contributed by atoms with Gasteiger partial charge in [-0.25, -0.2) is 0 Å². The molecule has 2 aliphatic heterocycles. The number of carbonyl (C=O) groups is 1. The summed E-state index contributed by atoms with van der Waals surface area (Å²) in [4.78, 5) is 19.6. The first-order valence-corrected chi connectivity index (χ1v) is 9.21. The zero-order chi connectivity index (χ0) is 16.8. The highest BCUT2D eigenvalue weighted by molar-refractivity contribution is 5.79. The van der Waals surface area contributed by atoms with E-state index in [1.165, 1.54) is 0 Å². The van der Waals surface area contributed by atoms with Crippen molar-refractivity contribution in [3.05, 3.63) is 0 Å². The molecule has 0 bridgehead atoms. The van der Waals surface area contributed by atoms with Crippen LogP contribution in [0.4, 0.5) is 0 Å². The summed E-state index contributed by atoms with van der Waals surface area (Å²) in [5, 5.41) is 0. The number of hydrogen-bond donors (Lipinski definition) is 0. The maximum Gasteiger partial charge on any atom is 0.225 e. The van der Waals surface area contributed by atoms with E-state index in [4.69, 9.17) is 0 Å². The van der Waals surface area contributed by atoms with Gasteiger partial charge in [0.05, 0.1) is 6.54 Å². The molecule has 0 spiro atoms. The van der Waals surface area contributed by atoms with Gasteiger partial charge >= 0.3 is 0 Å². The van der Waals surface area contributed by atoms with Crippen LogP contribution in [0.2, 0.25) is 0 Å². The molecule has 0 aromatic carbocycles. The summed E-state index contributed by atoms with van der Waals surface area (Å²) in [5.41, 5.74) is 0. The van der Waals surface area contributed by atoms with E-state index >= 15 is 0 Å². The molecule has 2 heterocycles. The zero-order valence-electron chi connectivity index (χ0n) is 15.3. The Kier molecular flexibility index (Phi) is 6.92. The Labute approximate surface area is 142 Å². The standard InChI is InChI=1S/C19H33N3O/c1-16(2)6-5-9-20-12-14-22(15-13-20)19(23)18-7-10-21(11-8-18)17(3)4/h16-18H,7-15H2,1-4H3. The van der Waals surface area contributed by atoms with Crippen LogP contribution in [0, 0.1) is 23.7 Å². The van der Waals surface area contributed by atoms with E-state index < -0.39 is 0 Å². The predicted molar refractivity (Wildman–Crippen MR) is 95.1 cm³/mol. The first kappa shape index (κ1) is 18.3. The minimum Gasteiger partial charge on any atom is -0.340 e. The Balaban J connectivity index is 1.73. The van der Waals surface area contributed by atoms with Gasteiger partial charge < -0.3 is 9.80 Å². The molecule has 0 saturated carbocycles. The molecule has 0 atom stereocenters. The molecule has 2 rings (SSSR count). The number of piperazine rings is 1. The van der Waals surface area contributed by atoms with Gasteiger partial charge in [0.15, 0.2) is 0 Å². The molecule has 1 amide bonds. The Morgan fingerprint density at radius 1 is 1.00 bits per heavy atom. The fraction of sp³-hybridized carbons (Fsp3) is 0.842. The van der Waals surface area contributed by atoms with Crippen molar-refractivity contribution in [3.63, 3.8) is 0 Å². The minimum atomic E-state index is 0.247. The molecule has 0 radical (unpaired) electrons. The molecular weight excluding hydrogens is 286 g/mol. The lowest BCUT2D eigenvalue weighted by molar-refractivity contribution is -0.138. The largest absolute Gasteiger partial charge is 0.340 e. The Morgan fingerprint density at radius 2 is 1.61 bits per heavy atom. The van der Waals surface area contributed by atoms with Crippen LogP contribution in [0.5, 0.6) is 0 Å². The molecule has 4 heteroatoms. The van der Waals surface area contributed by atoms with Crippen molar-refractivity contribution in [1.82, 2.24) is 14.7 Å². The van der Waals surface area contributed by atoms with E-state index in [2.05, 4.69) is 54.2 Å². The summed E-state index contributed by atoms with van der Waals surface area (Å²) in [6, 6.07) is 0.599. The zero-order valence-corrected chi connectivity index (χ0v) is 15.3. The van der Waals surface area contributed by atoms with Crippen LogP contribution in [0.1, 0.15) is 40.5 Å². The lowest BCUT2D eigenvalue weighted by Crippen LogP contribution is -2.52. The summed E-state index contributed by atoms with van der Waals surface area (Å²) >= 11 is 0. The van der Waals surface area contributed by atoms with E-state index in [0.29, 0.717) is 17.9 Å². The van der Waals surface area contributed by atoms with Gasteiger partial charge in [-0.3, -0.25) is 9.69 Å². The van der Waals surface area contributed by atoms with Crippen molar-refractivity contribution in [2.75, 3.05) is 45.8 Å². The third-order valence-corrected chi connectivity index (χ3v) is 4.99. The quantitative estimate of drug-likeness (QED) is 0.744. The second-order valence-corrected chi connectivity index (χ2v) is 7.48. The van der Waals surface area contributed by atoms with Crippen LogP contribution in [-0.4, -0.2) is 72.5 Å². The summed E-state index contributed by atoms with van der Waals surface area (Å²) in [5.74, 6) is 7.54. The van der Waals surface area contributed by atoms with Gasteiger partial charge in [-0.2, -0.15) is 0 Å². The molecule has 2 saturated heterocycles. The van der Waals surface area contributed by atoms with Crippen LogP contribution in [0.25, 0.3) is 0 Å². The molecule has 4 nitrogen and oxygen atoms in total. The van der Waals surface area contributed by atoms with Crippen LogP contribution in [-0.2, 0) is 4.79 Å². The van der Waals surface area contributed by atoms with Gasteiger partial charge in [-0.1, -0.05) is 25.7 Å². The van der Waals surface area contributed by atoms with Crippen molar-refractivity contribution in [3.8, 4) is 11.8 Å². The second-order valence-electron chi connectivity index (χ2n) is 7.48. The van der Waals surface area contributed by atoms with Crippen molar-refractivity contribution in [2.45, 2.75) is 46.6 Å². The van der Waals surface area contributed by atoms with Gasteiger partial charge in [-0.05, 0) is 39.8 Å². The molecule has 2 fully saturated rings. The number of hydrogen-bond acceptors (Lipinski definition) is 3. The van der Waals surface area contributed by atoms with Gasteiger partial charge in [0.2, 0.25) is 5.91 Å². The van der Waals surface area contributed by atoms with Crippen molar-refractivity contribution >= 4 is 5.91 Å². The van der Waals surface area contributed by atoms with Gasteiger partial charge in [-0.15, -0.1) is 0 Å². The third kappa shape index (κ3) is 5.51. The van der Waals surface area contributed by atoms with E-state index in [1.807, 2.05) is 0 Å². The maximum atomic E-state index is 12.7. The number of carbonyl (C=O) groups excluding carboxylic acids is 1. The number of rotatable bonds is 3. The summed E-state index contributed by atoms with van der Waals surface area (Å²) in [6.45, 7) is 15.4. The molecule has 0 unspecified atom stereocenters. The predicted octanol–water partition coefficient (Wildman–Crippen LogP) is 1.91. The smallest absolute Gasteiger partial charge is 0.225 e. The Hall–Kier alpha value is -1.05. The van der Waals surface area contributed by atoms with Gasteiger partial charge in [0.25, 0.3) is 0 Å². The molecule has 0 aromatic rings. The fourth-order valence-corrected chi connectivity index (χ4v) is 3.41. The number of nitrogens with zero attached hydrogens (tertiary/aromatic N) is 3. The number of likely N-dealkylation sites (tertiary alicyclic amines) is 1. The average Bonchev–Trinajstić information content (AvgIpc) is 2.54. The highest BCUT2D eigenvalue weighted by atomic mass is 16.2. The van der Waals surface area contributed by atoms with Crippen LogP contribution >= 0.6 is 0 Å². The number of amides is 1. The normalized spacial score (nSPS) is 21.6. The Bertz CT molecular complexity index is 433. The lowest BCUT2D eigenvalue weighted by Gasteiger charge is -2.39. The summed E-state index contributed by atoms with van der Waals surface area (Å²) in [7, 11) is 0. The van der Waals surface area contributed by atoms with Crippen molar-refractivity contribution < 1.29 is 4.79 Å². The second kappa shape index (κ2) is 8.70. The lowest BCUT2D eigenvalue weighted by atomic mass is 9.94. The highest BCUT2D eigenvalue weighted by Crippen LogP contribution is 2.21. The molecule has 0 N–H and O–H groups in total. The van der Waals surface area contributed by atoms with E-state index in [9.17, 15) is 4.79 Å². The van der Waals surface area contributed by atoms with Crippen molar-refractivity contribution in [2.24, 2.45) is 11.8 Å². The fourth-order valence-electron chi connectivity index (χ4n) is 3.41. The molecule has 130 valence electrons. The molecule has 2 aliphatic rings. The monoisotopic (exact) mass is 319 g/mol. The minimum absolute atomic E-state index is 0.247. The van der Waals surface area contributed by atoms with Crippen molar-refractivity contribution in [1.29, 1.82) is 0 Å². The first-order valence-electron chi connectivity index (χ1n) is 9.21. The Morgan fingerprint density at radius 3 is 2.13 bits per heavy atom. The average molecular weight is 319 g/mol. The van der Waals surface area contributed by atoms with Crippen LogP contribution < -0.4 is 0 Å².